The molecule has 1 aromatic rings. The summed E-state index contributed by atoms with van der Waals surface area (Å²) in [4.78, 5) is 13.8. The van der Waals surface area contributed by atoms with Crippen molar-refractivity contribution in [2.24, 2.45) is 0 Å². The molecule has 1 rings (SSSR count). The highest BCUT2D eigenvalue weighted by Crippen LogP contribution is 2.07. The average Bonchev–Trinajstić information content (AvgIpc) is 2.29. The Balaban J connectivity index is 2.71. The van der Waals surface area contributed by atoms with E-state index in [0.29, 0.717) is 0 Å². The lowest BCUT2D eigenvalue weighted by molar-refractivity contribution is 0.556. The topological polar surface area (TPSA) is 79.0 Å². The second-order valence-electron chi connectivity index (χ2n) is 3.88. The van der Waals surface area contributed by atoms with Crippen molar-refractivity contribution < 1.29 is 8.42 Å². The maximum Gasteiger partial charge on any atom is 0.246 e. The van der Waals surface area contributed by atoms with Crippen LogP contribution in [-0.2, 0) is 10.0 Å². The first-order chi connectivity index (χ1) is 8.47. The highest BCUT2D eigenvalue weighted by Gasteiger charge is 2.19. The molecule has 0 spiro atoms. The average molecular weight is 290 g/mol. The molecule has 0 bridgehead atoms. The summed E-state index contributed by atoms with van der Waals surface area (Å²) in [5.41, 5.74) is -0.503. The molecule has 0 saturated heterocycles. The van der Waals surface area contributed by atoms with Gasteiger partial charge in [0.25, 0.3) is 0 Å². The van der Waals surface area contributed by atoms with Crippen LogP contribution in [0.15, 0.2) is 28.2 Å². The second kappa shape index (κ2) is 6.96. The van der Waals surface area contributed by atoms with E-state index in [1.165, 1.54) is 18.5 Å². The summed E-state index contributed by atoms with van der Waals surface area (Å²) in [6.07, 6.45) is 3.35. The number of H-pyrrole nitrogens is 1. The zero-order valence-corrected chi connectivity index (χ0v) is 12.1. The predicted octanol–water partition coefficient (Wildman–Crippen LogP) is 1.18. The third-order valence-electron chi connectivity index (χ3n) is 2.33. The van der Waals surface area contributed by atoms with E-state index in [9.17, 15) is 13.2 Å². The van der Waals surface area contributed by atoms with Crippen molar-refractivity contribution in [3.63, 3.8) is 0 Å². The van der Waals surface area contributed by atoms with Crippen LogP contribution >= 0.6 is 11.8 Å². The van der Waals surface area contributed by atoms with Crippen molar-refractivity contribution in [3.05, 3.63) is 28.7 Å². The molecule has 0 aliphatic carbocycles. The largest absolute Gasteiger partial charge is 0.366 e. The van der Waals surface area contributed by atoms with Gasteiger partial charge >= 0.3 is 0 Å². The van der Waals surface area contributed by atoms with E-state index in [1.54, 1.807) is 18.7 Å². The molecule has 1 atom stereocenters. The highest BCUT2D eigenvalue weighted by atomic mass is 32.2. The summed E-state index contributed by atoms with van der Waals surface area (Å²) in [7, 11) is -3.73. The fourth-order valence-corrected chi connectivity index (χ4v) is 3.54. The lowest BCUT2D eigenvalue weighted by Crippen LogP contribution is -2.35. The molecule has 1 unspecified atom stereocenters. The maximum absolute atomic E-state index is 12.0. The molecule has 5 nitrogen and oxygen atoms in total. The van der Waals surface area contributed by atoms with Gasteiger partial charge in [-0.15, -0.1) is 0 Å². The minimum absolute atomic E-state index is 0.186. The molecule has 7 heteroatoms. The van der Waals surface area contributed by atoms with Crippen LogP contribution in [0, 0.1) is 0 Å². The lowest BCUT2D eigenvalue weighted by atomic mass is 10.3. The SMILES string of the molecule is CCSCCC(C)NS(=O)(=O)c1c[nH]ccc1=O. The smallest absolute Gasteiger partial charge is 0.246 e. The van der Waals surface area contributed by atoms with Crippen LogP contribution in [0.4, 0.5) is 0 Å². The lowest BCUT2D eigenvalue weighted by Gasteiger charge is -2.13. The molecule has 102 valence electrons. The van der Waals surface area contributed by atoms with Gasteiger partial charge in [0.15, 0.2) is 0 Å². The van der Waals surface area contributed by atoms with E-state index >= 15 is 0 Å². The van der Waals surface area contributed by atoms with Gasteiger partial charge in [0.2, 0.25) is 15.5 Å². The highest BCUT2D eigenvalue weighted by molar-refractivity contribution is 7.99. The van der Waals surface area contributed by atoms with Crippen LogP contribution in [0.5, 0.6) is 0 Å². The fourth-order valence-electron chi connectivity index (χ4n) is 1.40. The number of aromatic amines is 1. The first kappa shape index (κ1) is 15.3. The summed E-state index contributed by atoms with van der Waals surface area (Å²) >= 11 is 1.76. The fraction of sp³-hybridized carbons (Fsp3) is 0.545. The Morgan fingerprint density at radius 3 is 2.83 bits per heavy atom. The molecule has 0 aromatic carbocycles. The summed E-state index contributed by atoms with van der Waals surface area (Å²) in [5, 5.41) is 0. The molecule has 2 N–H and O–H groups in total. The maximum atomic E-state index is 12.0. The van der Waals surface area contributed by atoms with Crippen molar-refractivity contribution in [1.82, 2.24) is 9.71 Å². The predicted molar refractivity (Wildman–Crippen MR) is 74.5 cm³/mol. The number of aromatic nitrogens is 1. The van der Waals surface area contributed by atoms with E-state index in [0.717, 1.165) is 17.9 Å². The van der Waals surface area contributed by atoms with E-state index in [-0.39, 0.29) is 10.9 Å². The van der Waals surface area contributed by atoms with Gasteiger partial charge in [-0.05, 0) is 24.9 Å². The molecule has 0 amide bonds. The summed E-state index contributed by atoms with van der Waals surface area (Å²) in [6.45, 7) is 3.86. The Bertz CT molecular complexity index is 525. The molecule has 1 aromatic heterocycles. The molecule has 0 radical (unpaired) electrons. The zero-order chi connectivity index (χ0) is 13.6. The van der Waals surface area contributed by atoms with Crippen molar-refractivity contribution in [2.45, 2.75) is 31.2 Å². The summed E-state index contributed by atoms with van der Waals surface area (Å²) < 4.78 is 26.4. The van der Waals surface area contributed by atoms with E-state index in [1.807, 2.05) is 0 Å². The number of rotatable bonds is 7. The van der Waals surface area contributed by atoms with Crippen molar-refractivity contribution in [3.8, 4) is 0 Å². The van der Waals surface area contributed by atoms with Crippen molar-refractivity contribution >= 4 is 21.8 Å². The van der Waals surface area contributed by atoms with Gasteiger partial charge in [0.1, 0.15) is 4.90 Å². The quantitative estimate of drug-likeness (QED) is 0.739. The number of hydrogen-bond donors (Lipinski definition) is 2. The van der Waals surface area contributed by atoms with Gasteiger partial charge in [0.05, 0.1) is 0 Å². The number of pyridine rings is 1. The van der Waals surface area contributed by atoms with Crippen LogP contribution in [-0.4, -0.2) is 30.9 Å². The molecular weight excluding hydrogens is 272 g/mol. The van der Waals surface area contributed by atoms with Crippen molar-refractivity contribution in [1.29, 1.82) is 0 Å². The second-order valence-corrected chi connectivity index (χ2v) is 6.96. The van der Waals surface area contributed by atoms with Gasteiger partial charge in [-0.2, -0.15) is 11.8 Å². The molecule has 0 aliphatic rings. The van der Waals surface area contributed by atoms with Crippen LogP contribution in [0.1, 0.15) is 20.3 Å². The molecule has 18 heavy (non-hydrogen) atoms. The summed E-state index contributed by atoms with van der Waals surface area (Å²) in [6, 6.07) is 1.01. The van der Waals surface area contributed by atoms with Gasteiger partial charge in [-0.25, -0.2) is 13.1 Å². The first-order valence-corrected chi connectivity index (χ1v) is 8.38. The standard InChI is InChI=1S/C11H18N2O3S2/c1-3-17-7-5-9(2)13-18(15,16)11-8-12-6-4-10(11)14/h4,6,8-9,13H,3,5,7H2,1-2H3,(H,12,14). The monoisotopic (exact) mass is 290 g/mol. The Labute approximate surface area is 111 Å². The van der Waals surface area contributed by atoms with Crippen LogP contribution in [0.3, 0.4) is 0 Å². The Morgan fingerprint density at radius 1 is 1.50 bits per heavy atom. The molecule has 1 heterocycles. The van der Waals surface area contributed by atoms with E-state index < -0.39 is 15.5 Å². The summed E-state index contributed by atoms with van der Waals surface area (Å²) in [5.74, 6) is 1.91. The Hall–Kier alpha value is -0.790. The normalized spacial score (nSPS) is 13.4. The zero-order valence-electron chi connectivity index (χ0n) is 10.5. The van der Waals surface area contributed by atoms with Crippen LogP contribution < -0.4 is 10.2 Å². The minimum Gasteiger partial charge on any atom is -0.366 e. The van der Waals surface area contributed by atoms with Gasteiger partial charge in [-0.3, -0.25) is 4.79 Å². The van der Waals surface area contributed by atoms with Crippen LogP contribution in [0.25, 0.3) is 0 Å². The van der Waals surface area contributed by atoms with E-state index in [4.69, 9.17) is 0 Å². The van der Waals surface area contributed by atoms with Gasteiger partial charge in [-0.1, -0.05) is 6.92 Å². The van der Waals surface area contributed by atoms with Gasteiger partial charge in [0, 0.05) is 24.5 Å². The molecule has 0 fully saturated rings. The number of nitrogens with one attached hydrogen (secondary N) is 2. The molecule has 0 aliphatic heterocycles. The Kier molecular flexibility index (Phi) is 5.90. The minimum atomic E-state index is -3.73. The van der Waals surface area contributed by atoms with Gasteiger partial charge < -0.3 is 4.98 Å². The number of sulfonamides is 1. The Morgan fingerprint density at radius 2 is 2.22 bits per heavy atom. The third kappa shape index (κ3) is 4.47. The van der Waals surface area contributed by atoms with Crippen molar-refractivity contribution in [2.75, 3.05) is 11.5 Å². The van der Waals surface area contributed by atoms with E-state index in [2.05, 4.69) is 16.6 Å². The molecule has 0 saturated carbocycles. The molecular formula is C11H18N2O3S2. The number of hydrogen-bond acceptors (Lipinski definition) is 4. The third-order valence-corrected chi connectivity index (χ3v) is 4.88. The first-order valence-electron chi connectivity index (χ1n) is 5.74. The van der Waals surface area contributed by atoms with Crippen LogP contribution in [0.2, 0.25) is 0 Å². The number of thioether (sulfide) groups is 1.